The smallest absolute Gasteiger partial charge is 0.348 e. The number of Topliss-reactive ketones (excluding diaryl/α,β-unsaturated/α-hetero) is 1. The van der Waals surface area contributed by atoms with E-state index in [-0.39, 0.29) is 33.6 Å². The van der Waals surface area contributed by atoms with Gasteiger partial charge in [-0.25, -0.2) is 4.79 Å². The Labute approximate surface area is 247 Å². The Morgan fingerprint density at radius 3 is 1.95 bits per heavy atom. The van der Waals surface area contributed by atoms with Crippen LogP contribution in [0.1, 0.15) is 89.4 Å². The predicted octanol–water partition coefficient (Wildman–Crippen LogP) is 6.54. The lowest BCUT2D eigenvalue weighted by Crippen LogP contribution is -2.27. The van der Waals surface area contributed by atoms with Crippen molar-refractivity contribution in [1.82, 2.24) is 4.90 Å². The SMILES string of the molecule is CCCCN(CCCC)C1=CC(=O)C2=C(C(=O)c3c(O)oc4cc(N(CCCC)CCCC)cc(O)c34)C(=O)OC2=C1. The summed E-state index contributed by atoms with van der Waals surface area (Å²) >= 11 is 0. The van der Waals surface area contributed by atoms with E-state index >= 15 is 0 Å². The van der Waals surface area contributed by atoms with Crippen molar-refractivity contribution in [2.45, 2.75) is 79.1 Å². The quantitative estimate of drug-likeness (QED) is 0.130. The zero-order valence-corrected chi connectivity index (χ0v) is 25.1. The average molecular weight is 579 g/mol. The van der Waals surface area contributed by atoms with E-state index in [1.165, 1.54) is 12.1 Å². The van der Waals surface area contributed by atoms with Gasteiger partial charge in [-0.1, -0.05) is 53.4 Å². The first-order valence-electron chi connectivity index (χ1n) is 15.2. The highest BCUT2D eigenvalue weighted by molar-refractivity contribution is 6.35. The van der Waals surface area contributed by atoms with Gasteiger partial charge < -0.3 is 29.2 Å². The molecule has 42 heavy (non-hydrogen) atoms. The summed E-state index contributed by atoms with van der Waals surface area (Å²) in [5, 5.41) is 21.8. The van der Waals surface area contributed by atoms with E-state index in [0.29, 0.717) is 11.4 Å². The number of carbonyl (C=O) groups is 3. The first-order chi connectivity index (χ1) is 20.2. The Bertz CT molecular complexity index is 1430. The highest BCUT2D eigenvalue weighted by atomic mass is 16.5. The number of hydrogen-bond acceptors (Lipinski definition) is 9. The van der Waals surface area contributed by atoms with Gasteiger partial charge in [0, 0.05) is 61.8 Å². The number of hydrogen-bond donors (Lipinski definition) is 2. The molecule has 0 unspecified atom stereocenters. The molecule has 9 heteroatoms. The molecular weight excluding hydrogens is 536 g/mol. The molecule has 226 valence electrons. The van der Waals surface area contributed by atoms with Crippen LogP contribution in [0, 0.1) is 0 Å². The van der Waals surface area contributed by atoms with E-state index in [2.05, 4.69) is 37.5 Å². The van der Waals surface area contributed by atoms with Crippen molar-refractivity contribution in [3.05, 3.63) is 52.5 Å². The van der Waals surface area contributed by atoms with E-state index in [9.17, 15) is 24.6 Å². The van der Waals surface area contributed by atoms with Crippen molar-refractivity contribution in [1.29, 1.82) is 0 Å². The molecule has 0 fully saturated rings. The van der Waals surface area contributed by atoms with Crippen molar-refractivity contribution < 1.29 is 33.8 Å². The molecule has 2 heterocycles. The van der Waals surface area contributed by atoms with Crippen LogP contribution in [0.25, 0.3) is 11.0 Å². The van der Waals surface area contributed by atoms with Crippen LogP contribution in [0.15, 0.2) is 51.3 Å². The van der Waals surface area contributed by atoms with Gasteiger partial charge in [-0.15, -0.1) is 0 Å². The molecular formula is C33H42N2O7. The molecule has 2 aliphatic rings. The molecule has 0 spiro atoms. The molecule has 0 amide bonds. The summed E-state index contributed by atoms with van der Waals surface area (Å²) in [7, 11) is 0. The number of aromatic hydroxyl groups is 2. The fourth-order valence-corrected chi connectivity index (χ4v) is 5.38. The Kier molecular flexibility index (Phi) is 10.1. The van der Waals surface area contributed by atoms with E-state index in [0.717, 1.165) is 77.5 Å². The van der Waals surface area contributed by atoms with Crippen molar-refractivity contribution in [2.24, 2.45) is 0 Å². The third-order valence-corrected chi connectivity index (χ3v) is 7.75. The Morgan fingerprint density at radius 2 is 1.38 bits per heavy atom. The summed E-state index contributed by atoms with van der Waals surface area (Å²) in [6.07, 6.45) is 10.9. The number of ketones is 2. The van der Waals surface area contributed by atoms with Crippen molar-refractivity contribution in [3.63, 3.8) is 0 Å². The van der Waals surface area contributed by atoms with Gasteiger partial charge in [0.15, 0.2) is 5.78 Å². The molecule has 0 saturated carbocycles. The number of fused-ring (bicyclic) bond motifs is 2. The van der Waals surface area contributed by atoms with E-state index in [4.69, 9.17) is 9.15 Å². The van der Waals surface area contributed by atoms with Crippen LogP contribution in [0.4, 0.5) is 5.69 Å². The summed E-state index contributed by atoms with van der Waals surface area (Å²) in [6, 6.07) is 3.21. The van der Waals surface area contributed by atoms with Crippen LogP contribution >= 0.6 is 0 Å². The number of anilines is 1. The third-order valence-electron chi connectivity index (χ3n) is 7.75. The minimum atomic E-state index is -0.979. The van der Waals surface area contributed by atoms with Gasteiger partial charge in [0.1, 0.15) is 28.2 Å². The Balaban J connectivity index is 1.72. The number of unbranched alkanes of at least 4 members (excludes halogenated alkanes) is 4. The molecule has 0 radical (unpaired) electrons. The molecule has 9 nitrogen and oxygen atoms in total. The first-order valence-corrected chi connectivity index (χ1v) is 15.2. The molecule has 4 rings (SSSR count). The molecule has 0 atom stereocenters. The van der Waals surface area contributed by atoms with Gasteiger partial charge in [0.05, 0.1) is 11.0 Å². The second-order valence-corrected chi connectivity index (χ2v) is 10.9. The number of esters is 1. The number of phenolic OH excluding ortho intramolecular Hbond substituents is 1. The van der Waals surface area contributed by atoms with Crippen molar-refractivity contribution >= 4 is 34.2 Å². The minimum Gasteiger partial charge on any atom is -0.507 e. The summed E-state index contributed by atoms with van der Waals surface area (Å²) in [5.74, 6) is -3.42. The van der Waals surface area contributed by atoms with Gasteiger partial charge >= 0.3 is 5.97 Å². The number of phenols is 1. The number of rotatable bonds is 16. The number of furan rings is 1. The van der Waals surface area contributed by atoms with Crippen LogP contribution in [0.3, 0.4) is 0 Å². The molecule has 1 aliphatic heterocycles. The van der Waals surface area contributed by atoms with Gasteiger partial charge in [-0.05, 0) is 25.7 Å². The monoisotopic (exact) mass is 578 g/mol. The van der Waals surface area contributed by atoms with Crippen LogP contribution in [0.2, 0.25) is 0 Å². The average Bonchev–Trinajstić information content (AvgIpc) is 3.48. The minimum absolute atomic E-state index is 0.0182. The van der Waals surface area contributed by atoms with Crippen LogP contribution < -0.4 is 4.90 Å². The lowest BCUT2D eigenvalue weighted by atomic mass is 9.93. The second-order valence-electron chi connectivity index (χ2n) is 10.9. The fourth-order valence-electron chi connectivity index (χ4n) is 5.38. The van der Waals surface area contributed by atoms with Crippen molar-refractivity contribution in [2.75, 3.05) is 31.1 Å². The number of carbonyl (C=O) groups excluding carboxylic acids is 3. The van der Waals surface area contributed by atoms with Gasteiger partial charge in [0.2, 0.25) is 5.78 Å². The fraction of sp³-hybridized carbons (Fsp3) is 0.485. The summed E-state index contributed by atoms with van der Waals surface area (Å²) in [6.45, 7) is 11.5. The maximum atomic E-state index is 13.8. The van der Waals surface area contributed by atoms with Crippen LogP contribution in [-0.2, 0) is 14.3 Å². The van der Waals surface area contributed by atoms with E-state index in [1.807, 2.05) is 0 Å². The number of allylic oxidation sites excluding steroid dienone is 3. The van der Waals surface area contributed by atoms with Gasteiger partial charge in [0.25, 0.3) is 5.95 Å². The maximum Gasteiger partial charge on any atom is 0.348 e. The summed E-state index contributed by atoms with van der Waals surface area (Å²) in [4.78, 5) is 44.4. The number of benzene rings is 1. The highest BCUT2D eigenvalue weighted by Crippen LogP contribution is 2.43. The number of ether oxygens (including phenoxy) is 1. The third kappa shape index (κ3) is 6.25. The van der Waals surface area contributed by atoms with E-state index < -0.39 is 29.1 Å². The molecule has 2 aromatic rings. The standard InChI is InChI=1S/C33H42N2O7/c1-5-9-13-34(14-10-6-2)21-17-23(36)27-25(19-21)41-32(39)29(27)31(38)30-28-24(37)18-22(20-26(28)42-33(30)40)35(15-11-7-3)16-12-8-4/h17-20,36,39H,5-16H2,1-4H3. The van der Waals surface area contributed by atoms with Crippen LogP contribution in [-0.4, -0.2) is 58.8 Å². The summed E-state index contributed by atoms with van der Waals surface area (Å²) < 4.78 is 11.0. The van der Waals surface area contributed by atoms with E-state index in [1.54, 1.807) is 12.1 Å². The predicted molar refractivity (Wildman–Crippen MR) is 162 cm³/mol. The molecule has 1 aromatic carbocycles. The normalized spacial score (nSPS) is 14.7. The highest BCUT2D eigenvalue weighted by Gasteiger charge is 2.42. The lowest BCUT2D eigenvalue weighted by molar-refractivity contribution is -0.132. The maximum absolute atomic E-state index is 13.8. The molecule has 0 saturated heterocycles. The van der Waals surface area contributed by atoms with Gasteiger partial charge in [-0.3, -0.25) is 9.59 Å². The number of nitrogens with zero attached hydrogens (tertiary/aromatic N) is 2. The molecule has 1 aromatic heterocycles. The zero-order valence-electron chi connectivity index (χ0n) is 25.1. The molecule has 1 aliphatic carbocycles. The summed E-state index contributed by atoms with van der Waals surface area (Å²) in [5.41, 5.74) is 0.450. The zero-order chi connectivity index (χ0) is 30.4. The van der Waals surface area contributed by atoms with Crippen molar-refractivity contribution in [3.8, 4) is 11.7 Å². The largest absolute Gasteiger partial charge is 0.507 e. The Morgan fingerprint density at radius 1 is 0.810 bits per heavy atom. The van der Waals surface area contributed by atoms with Gasteiger partial charge in [-0.2, -0.15) is 0 Å². The Hall–Kier alpha value is -4.01. The first kappa shape index (κ1) is 30.9. The van der Waals surface area contributed by atoms with Crippen LogP contribution in [0.5, 0.6) is 11.7 Å². The second kappa shape index (κ2) is 13.8. The topological polar surface area (TPSA) is 121 Å². The molecule has 0 bridgehead atoms. The lowest BCUT2D eigenvalue weighted by Gasteiger charge is -2.27. The molecule has 2 N–H and O–H groups in total.